The summed E-state index contributed by atoms with van der Waals surface area (Å²) in [6, 6.07) is 13.9. The zero-order chi connectivity index (χ0) is 17.5. The highest BCUT2D eigenvalue weighted by molar-refractivity contribution is 5.94. The van der Waals surface area contributed by atoms with Crippen LogP contribution in [0.4, 0.5) is 8.78 Å². The molecule has 24 heavy (non-hydrogen) atoms. The summed E-state index contributed by atoms with van der Waals surface area (Å²) >= 11 is 0. The molecule has 0 spiro atoms. The Kier molecular flexibility index (Phi) is 6.12. The maximum atomic E-state index is 12.3. The second-order valence-corrected chi connectivity index (χ2v) is 5.27. The summed E-state index contributed by atoms with van der Waals surface area (Å²) in [6.07, 6.45) is 0. The molecule has 2 aromatic rings. The lowest BCUT2D eigenvalue weighted by Gasteiger charge is -2.14. The average molecular weight is 335 g/mol. The van der Waals surface area contributed by atoms with Crippen molar-refractivity contribution in [2.75, 3.05) is 13.7 Å². The standard InChI is InChI=1S/C18H19F2NO3/c1-12(13-6-4-3-5-7-13)11-21-17(22)14-8-9-15(24-18(19)20)16(10-14)23-2/h3-10,12,18H,11H2,1-2H3,(H,21,22). The van der Waals surface area contributed by atoms with Gasteiger partial charge in [-0.15, -0.1) is 0 Å². The van der Waals surface area contributed by atoms with Crippen molar-refractivity contribution in [3.05, 3.63) is 59.7 Å². The van der Waals surface area contributed by atoms with E-state index in [1.54, 1.807) is 0 Å². The van der Waals surface area contributed by atoms with Gasteiger partial charge in [0, 0.05) is 12.1 Å². The molecule has 4 nitrogen and oxygen atoms in total. The predicted octanol–water partition coefficient (Wildman–Crippen LogP) is 3.83. The van der Waals surface area contributed by atoms with E-state index >= 15 is 0 Å². The lowest BCUT2D eigenvalue weighted by Crippen LogP contribution is -2.27. The normalized spacial score (nSPS) is 11.9. The Bertz CT molecular complexity index is 677. The Morgan fingerprint density at radius 1 is 1.12 bits per heavy atom. The van der Waals surface area contributed by atoms with E-state index in [4.69, 9.17) is 4.74 Å². The Morgan fingerprint density at radius 3 is 2.46 bits per heavy atom. The average Bonchev–Trinajstić information content (AvgIpc) is 2.60. The molecule has 0 aliphatic rings. The molecule has 1 unspecified atom stereocenters. The molecule has 0 aliphatic heterocycles. The number of alkyl halides is 2. The molecule has 0 heterocycles. The van der Waals surface area contributed by atoms with Crippen molar-refractivity contribution in [2.24, 2.45) is 0 Å². The smallest absolute Gasteiger partial charge is 0.387 e. The topological polar surface area (TPSA) is 47.6 Å². The summed E-state index contributed by atoms with van der Waals surface area (Å²) in [5, 5.41) is 2.83. The third-order valence-corrected chi connectivity index (χ3v) is 3.58. The SMILES string of the molecule is COc1cc(C(=O)NCC(C)c2ccccc2)ccc1OC(F)F. The van der Waals surface area contributed by atoms with Crippen LogP contribution in [0.25, 0.3) is 0 Å². The van der Waals surface area contributed by atoms with Crippen molar-refractivity contribution in [3.8, 4) is 11.5 Å². The van der Waals surface area contributed by atoms with Gasteiger partial charge in [0.1, 0.15) is 0 Å². The number of carbonyl (C=O) groups is 1. The van der Waals surface area contributed by atoms with Crippen LogP contribution in [0.1, 0.15) is 28.8 Å². The molecule has 2 rings (SSSR count). The summed E-state index contributed by atoms with van der Waals surface area (Å²) < 4.78 is 33.9. The summed E-state index contributed by atoms with van der Waals surface area (Å²) in [6.45, 7) is -0.485. The minimum Gasteiger partial charge on any atom is -0.493 e. The van der Waals surface area contributed by atoms with Crippen molar-refractivity contribution in [1.29, 1.82) is 0 Å². The van der Waals surface area contributed by atoms with Crippen LogP contribution in [0.5, 0.6) is 11.5 Å². The molecule has 0 aliphatic carbocycles. The number of hydrogen-bond acceptors (Lipinski definition) is 3. The van der Waals surface area contributed by atoms with Crippen molar-refractivity contribution in [2.45, 2.75) is 19.5 Å². The van der Waals surface area contributed by atoms with Crippen LogP contribution < -0.4 is 14.8 Å². The summed E-state index contributed by atoms with van der Waals surface area (Å²) in [5.41, 5.74) is 1.43. The van der Waals surface area contributed by atoms with Crippen LogP contribution in [0.15, 0.2) is 48.5 Å². The molecule has 2 aromatic carbocycles. The fourth-order valence-corrected chi connectivity index (χ4v) is 2.25. The Balaban J connectivity index is 2.02. The molecular formula is C18H19F2NO3. The molecule has 0 radical (unpaired) electrons. The van der Waals surface area contributed by atoms with Gasteiger partial charge >= 0.3 is 6.61 Å². The first-order chi connectivity index (χ1) is 11.5. The maximum Gasteiger partial charge on any atom is 0.387 e. The zero-order valence-corrected chi connectivity index (χ0v) is 13.5. The summed E-state index contributed by atoms with van der Waals surface area (Å²) in [7, 11) is 1.33. The van der Waals surface area contributed by atoms with Crippen LogP contribution in [0.3, 0.4) is 0 Å². The quantitative estimate of drug-likeness (QED) is 0.836. The molecule has 0 aromatic heterocycles. The fourth-order valence-electron chi connectivity index (χ4n) is 2.25. The largest absolute Gasteiger partial charge is 0.493 e. The van der Waals surface area contributed by atoms with Gasteiger partial charge in [-0.25, -0.2) is 0 Å². The van der Waals surface area contributed by atoms with E-state index in [-0.39, 0.29) is 23.3 Å². The van der Waals surface area contributed by atoms with E-state index < -0.39 is 6.61 Å². The predicted molar refractivity (Wildman–Crippen MR) is 86.8 cm³/mol. The third kappa shape index (κ3) is 4.68. The highest BCUT2D eigenvalue weighted by Crippen LogP contribution is 2.29. The number of nitrogens with one attached hydrogen (secondary N) is 1. The molecule has 0 saturated heterocycles. The Hall–Kier alpha value is -2.63. The van der Waals surface area contributed by atoms with E-state index in [1.807, 2.05) is 37.3 Å². The van der Waals surface area contributed by atoms with Crippen molar-refractivity contribution in [3.63, 3.8) is 0 Å². The van der Waals surface area contributed by atoms with Gasteiger partial charge < -0.3 is 14.8 Å². The van der Waals surface area contributed by atoms with Gasteiger partial charge in [-0.3, -0.25) is 4.79 Å². The van der Waals surface area contributed by atoms with E-state index in [2.05, 4.69) is 10.1 Å². The molecule has 0 fully saturated rings. The number of benzene rings is 2. The second kappa shape index (κ2) is 8.29. The number of rotatable bonds is 7. The van der Waals surface area contributed by atoms with Crippen molar-refractivity contribution >= 4 is 5.91 Å². The van der Waals surface area contributed by atoms with E-state index in [0.29, 0.717) is 12.1 Å². The van der Waals surface area contributed by atoms with Gasteiger partial charge in [0.05, 0.1) is 7.11 Å². The highest BCUT2D eigenvalue weighted by atomic mass is 19.3. The maximum absolute atomic E-state index is 12.3. The molecule has 0 saturated carbocycles. The van der Waals surface area contributed by atoms with Gasteiger partial charge in [0.25, 0.3) is 5.91 Å². The lowest BCUT2D eigenvalue weighted by molar-refractivity contribution is -0.0512. The van der Waals surface area contributed by atoms with Gasteiger partial charge in [-0.2, -0.15) is 8.78 Å². The second-order valence-electron chi connectivity index (χ2n) is 5.27. The number of methoxy groups -OCH3 is 1. The van der Waals surface area contributed by atoms with Crippen LogP contribution in [0, 0.1) is 0 Å². The Labute approximate surface area is 139 Å². The number of ether oxygens (including phenoxy) is 2. The number of amides is 1. The van der Waals surface area contributed by atoms with Crippen LogP contribution >= 0.6 is 0 Å². The van der Waals surface area contributed by atoms with Crippen molar-refractivity contribution < 1.29 is 23.0 Å². The minimum absolute atomic E-state index is 0.0825. The van der Waals surface area contributed by atoms with Crippen molar-refractivity contribution in [1.82, 2.24) is 5.32 Å². The first-order valence-electron chi connectivity index (χ1n) is 7.47. The third-order valence-electron chi connectivity index (χ3n) is 3.58. The van der Waals surface area contributed by atoms with E-state index in [0.717, 1.165) is 5.56 Å². The monoisotopic (exact) mass is 335 g/mol. The van der Waals surface area contributed by atoms with E-state index in [9.17, 15) is 13.6 Å². The first kappa shape index (κ1) is 17.7. The van der Waals surface area contributed by atoms with E-state index in [1.165, 1.54) is 25.3 Å². The minimum atomic E-state index is -2.95. The number of carbonyl (C=O) groups excluding carboxylic acids is 1. The number of halogens is 2. The highest BCUT2D eigenvalue weighted by Gasteiger charge is 2.15. The summed E-state index contributed by atoms with van der Waals surface area (Å²) in [4.78, 5) is 12.2. The fraction of sp³-hybridized carbons (Fsp3) is 0.278. The molecule has 1 amide bonds. The van der Waals surface area contributed by atoms with Gasteiger partial charge in [0.15, 0.2) is 11.5 Å². The van der Waals surface area contributed by atoms with Gasteiger partial charge in [0.2, 0.25) is 0 Å². The van der Waals surface area contributed by atoms with Crippen LogP contribution in [-0.2, 0) is 0 Å². The molecule has 1 N–H and O–H groups in total. The van der Waals surface area contributed by atoms with Crippen LogP contribution in [-0.4, -0.2) is 26.2 Å². The first-order valence-corrected chi connectivity index (χ1v) is 7.47. The molecule has 1 atom stereocenters. The lowest BCUT2D eigenvalue weighted by atomic mass is 10.0. The molecular weight excluding hydrogens is 316 g/mol. The molecule has 0 bridgehead atoms. The van der Waals surface area contributed by atoms with Gasteiger partial charge in [-0.05, 0) is 29.7 Å². The van der Waals surface area contributed by atoms with Crippen LogP contribution in [0.2, 0.25) is 0 Å². The zero-order valence-electron chi connectivity index (χ0n) is 13.5. The number of hydrogen-bond donors (Lipinski definition) is 1. The summed E-state index contributed by atoms with van der Waals surface area (Å²) in [5.74, 6) is -0.182. The molecule has 6 heteroatoms. The molecule has 128 valence electrons. The Morgan fingerprint density at radius 2 is 1.83 bits per heavy atom. The van der Waals surface area contributed by atoms with Gasteiger partial charge in [-0.1, -0.05) is 37.3 Å².